The van der Waals surface area contributed by atoms with E-state index in [1.807, 2.05) is 54.6 Å². The molecule has 4 aromatic rings. The van der Waals surface area contributed by atoms with E-state index >= 15 is 0 Å². The molecular formula is C27H26FIrN2O2-. The number of benzene rings is 3. The Kier molecular flexibility index (Phi) is 10.5. The van der Waals surface area contributed by atoms with Crippen molar-refractivity contribution in [1.82, 2.24) is 9.97 Å². The van der Waals surface area contributed by atoms with Crippen LogP contribution in [0.5, 0.6) is 0 Å². The smallest absolute Gasteiger partial charge is 0.123 e. The first-order valence-corrected chi connectivity index (χ1v) is 10.5. The second-order valence-corrected chi connectivity index (χ2v) is 7.54. The molecule has 6 heteroatoms. The third-order valence-corrected chi connectivity index (χ3v) is 4.61. The van der Waals surface area contributed by atoms with Crippen molar-refractivity contribution in [2.24, 2.45) is 0 Å². The molecule has 2 atom stereocenters. The summed E-state index contributed by atoms with van der Waals surface area (Å²) in [5, 5.41) is 17.1. The van der Waals surface area contributed by atoms with Gasteiger partial charge in [0, 0.05) is 37.6 Å². The standard InChI is InChI=1S/C22H14FN2.C5H12O2.Ir/c23-19-13-11-16(12-14-19)20-15-24-21(17-7-3-1-4-8-17)22(25-20)18-9-5-2-6-10-18;1-4(6)3-5(2)7;/h1-7,9-15H;4-7H,3H2,1-2H3;/q-1;;. The molecule has 3 aromatic carbocycles. The van der Waals surface area contributed by atoms with Crippen LogP contribution in [-0.2, 0) is 20.1 Å². The van der Waals surface area contributed by atoms with E-state index in [0.717, 1.165) is 28.1 Å². The number of aliphatic hydroxyl groups excluding tert-OH is 2. The van der Waals surface area contributed by atoms with Crippen molar-refractivity contribution in [3.05, 3.63) is 96.9 Å². The zero-order chi connectivity index (χ0) is 22.9. The van der Waals surface area contributed by atoms with Crippen LogP contribution in [0.3, 0.4) is 0 Å². The summed E-state index contributed by atoms with van der Waals surface area (Å²) in [7, 11) is 0. The van der Waals surface area contributed by atoms with Gasteiger partial charge in [-0.2, -0.15) is 0 Å². The van der Waals surface area contributed by atoms with Gasteiger partial charge in [0.25, 0.3) is 0 Å². The van der Waals surface area contributed by atoms with Crippen molar-refractivity contribution in [3.8, 4) is 33.8 Å². The molecule has 0 saturated carbocycles. The Labute approximate surface area is 207 Å². The van der Waals surface area contributed by atoms with Crippen molar-refractivity contribution in [2.75, 3.05) is 0 Å². The predicted octanol–water partition coefficient (Wildman–Crippen LogP) is 5.55. The predicted molar refractivity (Wildman–Crippen MR) is 125 cm³/mol. The molecule has 4 nitrogen and oxygen atoms in total. The molecule has 1 radical (unpaired) electrons. The maximum atomic E-state index is 13.2. The van der Waals surface area contributed by atoms with Gasteiger partial charge >= 0.3 is 0 Å². The third-order valence-electron chi connectivity index (χ3n) is 4.61. The molecule has 4 rings (SSSR count). The molecule has 2 unspecified atom stereocenters. The fourth-order valence-corrected chi connectivity index (χ4v) is 3.18. The van der Waals surface area contributed by atoms with E-state index in [1.165, 1.54) is 12.1 Å². The van der Waals surface area contributed by atoms with Crippen LogP contribution in [0.1, 0.15) is 20.3 Å². The summed E-state index contributed by atoms with van der Waals surface area (Å²) in [6.45, 7) is 3.32. The topological polar surface area (TPSA) is 66.2 Å². The van der Waals surface area contributed by atoms with E-state index in [-0.39, 0.29) is 38.1 Å². The Bertz CT molecular complexity index is 1100. The largest absolute Gasteiger partial charge is 0.393 e. The molecule has 173 valence electrons. The molecule has 0 saturated heterocycles. The monoisotopic (exact) mass is 622 g/mol. The second-order valence-electron chi connectivity index (χ2n) is 7.54. The van der Waals surface area contributed by atoms with Crippen LogP contribution in [0.15, 0.2) is 85.1 Å². The van der Waals surface area contributed by atoms with Crippen LogP contribution in [0.4, 0.5) is 4.39 Å². The second kappa shape index (κ2) is 13.1. The minimum atomic E-state index is -0.375. The molecule has 0 aliphatic heterocycles. The first kappa shape index (κ1) is 26.5. The van der Waals surface area contributed by atoms with E-state index in [9.17, 15) is 4.39 Å². The van der Waals surface area contributed by atoms with Gasteiger partial charge in [-0.15, -0.1) is 35.9 Å². The van der Waals surface area contributed by atoms with E-state index in [4.69, 9.17) is 15.2 Å². The van der Waals surface area contributed by atoms with Crippen molar-refractivity contribution in [3.63, 3.8) is 0 Å². The van der Waals surface area contributed by atoms with Crippen LogP contribution in [0.25, 0.3) is 33.8 Å². The molecule has 0 bridgehead atoms. The third kappa shape index (κ3) is 7.95. The summed E-state index contributed by atoms with van der Waals surface area (Å²) < 4.78 is 13.2. The summed E-state index contributed by atoms with van der Waals surface area (Å²) in [5.41, 5.74) is 4.96. The Balaban J connectivity index is 0.000000423. The molecule has 2 N–H and O–H groups in total. The first-order chi connectivity index (χ1) is 15.4. The molecule has 1 heterocycles. The fourth-order valence-electron chi connectivity index (χ4n) is 3.18. The Hall–Kier alpha value is -2.76. The number of halogens is 1. The van der Waals surface area contributed by atoms with Crippen molar-refractivity contribution in [2.45, 2.75) is 32.5 Å². The van der Waals surface area contributed by atoms with Crippen molar-refractivity contribution in [1.29, 1.82) is 0 Å². The minimum absolute atomic E-state index is 0. The van der Waals surface area contributed by atoms with E-state index < -0.39 is 0 Å². The SMILES string of the molecule is CC(O)CC(C)O.Fc1ccc(-c2cnc(-c3[c-]cccc3)c(-c3ccccc3)n2)cc1.[Ir]. The summed E-state index contributed by atoms with van der Waals surface area (Å²) in [4.78, 5) is 9.45. The van der Waals surface area contributed by atoms with Gasteiger partial charge in [-0.3, -0.25) is 4.98 Å². The normalized spacial score (nSPS) is 12.0. The van der Waals surface area contributed by atoms with E-state index in [0.29, 0.717) is 12.1 Å². The molecule has 0 aliphatic carbocycles. The first-order valence-electron chi connectivity index (χ1n) is 10.5. The van der Waals surface area contributed by atoms with Crippen LogP contribution in [-0.4, -0.2) is 32.4 Å². The fraction of sp³-hybridized carbons (Fsp3) is 0.185. The maximum Gasteiger partial charge on any atom is 0.123 e. The van der Waals surface area contributed by atoms with Crippen LogP contribution in [0.2, 0.25) is 0 Å². The molecule has 0 amide bonds. The van der Waals surface area contributed by atoms with Crippen LogP contribution >= 0.6 is 0 Å². The summed E-state index contributed by atoms with van der Waals surface area (Å²) in [6.07, 6.45) is 1.44. The minimum Gasteiger partial charge on any atom is -0.393 e. The Morgan fingerprint density at radius 3 is 2.00 bits per heavy atom. The summed E-state index contributed by atoms with van der Waals surface area (Å²) in [5.74, 6) is -0.268. The number of nitrogens with zero attached hydrogens (tertiary/aromatic N) is 2. The molecule has 0 aliphatic rings. The van der Waals surface area contributed by atoms with Gasteiger partial charge in [-0.25, -0.2) is 4.39 Å². The Morgan fingerprint density at radius 2 is 1.45 bits per heavy atom. The zero-order valence-corrected chi connectivity index (χ0v) is 20.8. The molecule has 0 fully saturated rings. The van der Waals surface area contributed by atoms with Gasteiger partial charge in [0.2, 0.25) is 0 Å². The molecule has 0 spiro atoms. The average molecular weight is 622 g/mol. The number of hydrogen-bond donors (Lipinski definition) is 2. The van der Waals surface area contributed by atoms with Gasteiger partial charge in [0.1, 0.15) is 5.82 Å². The van der Waals surface area contributed by atoms with Crippen LogP contribution in [0, 0.1) is 11.9 Å². The number of aliphatic hydroxyl groups is 2. The summed E-state index contributed by atoms with van der Waals surface area (Å²) in [6, 6.07) is 27.1. The molecule has 33 heavy (non-hydrogen) atoms. The van der Waals surface area contributed by atoms with Crippen molar-refractivity contribution >= 4 is 0 Å². The van der Waals surface area contributed by atoms with E-state index in [2.05, 4.69) is 11.1 Å². The quantitative estimate of drug-likeness (QED) is 0.287. The maximum absolute atomic E-state index is 13.2. The molecule has 1 aromatic heterocycles. The van der Waals surface area contributed by atoms with Crippen molar-refractivity contribution < 1.29 is 34.7 Å². The number of aromatic nitrogens is 2. The van der Waals surface area contributed by atoms with Gasteiger partial charge in [-0.05, 0) is 50.1 Å². The number of rotatable bonds is 5. The van der Waals surface area contributed by atoms with Gasteiger partial charge in [0.15, 0.2) is 0 Å². The Morgan fingerprint density at radius 1 is 0.818 bits per heavy atom. The average Bonchev–Trinajstić information content (AvgIpc) is 2.80. The zero-order valence-electron chi connectivity index (χ0n) is 18.4. The van der Waals surface area contributed by atoms with Crippen LogP contribution < -0.4 is 0 Å². The molecular weight excluding hydrogens is 596 g/mol. The van der Waals surface area contributed by atoms with E-state index in [1.54, 1.807) is 32.2 Å². The van der Waals surface area contributed by atoms with Gasteiger partial charge in [-0.1, -0.05) is 30.3 Å². The number of hydrogen-bond acceptors (Lipinski definition) is 4. The summed E-state index contributed by atoms with van der Waals surface area (Å²) >= 11 is 0. The van der Waals surface area contributed by atoms with Gasteiger partial charge < -0.3 is 15.2 Å². The van der Waals surface area contributed by atoms with Gasteiger partial charge in [0.05, 0.1) is 23.6 Å².